The topological polar surface area (TPSA) is 90.9 Å². The van der Waals surface area contributed by atoms with E-state index in [1.54, 1.807) is 7.11 Å². The lowest BCUT2D eigenvalue weighted by atomic mass is 10.3. The molecule has 0 bridgehead atoms. The zero-order valence-electron chi connectivity index (χ0n) is 11.1. The number of carbonyl (C=O) groups is 2. The molecule has 3 N–H and O–H groups in total. The van der Waals surface area contributed by atoms with Crippen molar-refractivity contribution in [2.24, 2.45) is 0 Å². The number of carboxylic acids is 1. The summed E-state index contributed by atoms with van der Waals surface area (Å²) in [5, 5.41) is 13.7. The standard InChI is InChI=1S/C11H23N3O4/c1-14(8-9-18-2)7-6-13-11(17)12-5-3-4-10(15)16/h3-9H2,1-2H3,(H,15,16)(H2,12,13,17). The highest BCUT2D eigenvalue weighted by atomic mass is 16.5. The number of hydrogen-bond acceptors (Lipinski definition) is 4. The van der Waals surface area contributed by atoms with Gasteiger partial charge in [-0.05, 0) is 13.5 Å². The van der Waals surface area contributed by atoms with Gasteiger partial charge in [-0.3, -0.25) is 4.79 Å². The van der Waals surface area contributed by atoms with Gasteiger partial charge in [0.2, 0.25) is 0 Å². The molecule has 0 spiro atoms. The molecular formula is C11H23N3O4. The molecule has 0 unspecified atom stereocenters. The van der Waals surface area contributed by atoms with Gasteiger partial charge in [0.25, 0.3) is 0 Å². The molecule has 0 heterocycles. The quantitative estimate of drug-likeness (QED) is 0.471. The van der Waals surface area contributed by atoms with Crippen molar-refractivity contribution < 1.29 is 19.4 Å². The number of hydrogen-bond donors (Lipinski definition) is 3. The van der Waals surface area contributed by atoms with Gasteiger partial charge in [-0.25, -0.2) is 4.79 Å². The number of carboxylic acid groups (broad SMARTS) is 1. The highest BCUT2D eigenvalue weighted by Gasteiger charge is 2.02. The van der Waals surface area contributed by atoms with Crippen molar-refractivity contribution in [1.29, 1.82) is 0 Å². The van der Waals surface area contributed by atoms with Crippen molar-refractivity contribution in [3.05, 3.63) is 0 Å². The Morgan fingerprint density at radius 1 is 1.22 bits per heavy atom. The number of carbonyl (C=O) groups excluding carboxylic acids is 1. The lowest BCUT2D eigenvalue weighted by molar-refractivity contribution is -0.137. The first-order chi connectivity index (χ1) is 8.56. The van der Waals surface area contributed by atoms with Gasteiger partial charge in [0.15, 0.2) is 0 Å². The molecule has 0 aliphatic rings. The summed E-state index contributed by atoms with van der Waals surface area (Å²) < 4.78 is 4.94. The van der Waals surface area contributed by atoms with Gasteiger partial charge in [-0.15, -0.1) is 0 Å². The summed E-state index contributed by atoms with van der Waals surface area (Å²) in [4.78, 5) is 23.6. The Kier molecular flexibility index (Phi) is 9.99. The fourth-order valence-corrected chi connectivity index (χ4v) is 1.22. The maximum Gasteiger partial charge on any atom is 0.314 e. The summed E-state index contributed by atoms with van der Waals surface area (Å²) in [6.45, 7) is 3.14. The zero-order chi connectivity index (χ0) is 13.8. The average molecular weight is 261 g/mol. The third kappa shape index (κ3) is 11.2. The third-order valence-corrected chi connectivity index (χ3v) is 2.31. The molecule has 0 atom stereocenters. The Morgan fingerprint density at radius 2 is 1.89 bits per heavy atom. The highest BCUT2D eigenvalue weighted by Crippen LogP contribution is 1.85. The van der Waals surface area contributed by atoms with Gasteiger partial charge in [0.05, 0.1) is 6.61 Å². The van der Waals surface area contributed by atoms with E-state index in [9.17, 15) is 9.59 Å². The molecule has 0 aromatic carbocycles. The van der Waals surface area contributed by atoms with Crippen molar-refractivity contribution in [1.82, 2.24) is 15.5 Å². The van der Waals surface area contributed by atoms with Crippen molar-refractivity contribution in [3.8, 4) is 0 Å². The summed E-state index contributed by atoms with van der Waals surface area (Å²) in [7, 11) is 3.60. The Balaban J connectivity index is 3.39. The Labute approximate surface area is 107 Å². The second kappa shape index (κ2) is 10.8. The van der Waals surface area contributed by atoms with E-state index < -0.39 is 5.97 Å². The SMILES string of the molecule is COCCN(C)CCNC(=O)NCCCC(=O)O. The van der Waals surface area contributed by atoms with Crippen LogP contribution in [0.5, 0.6) is 0 Å². The molecule has 0 aromatic heterocycles. The van der Waals surface area contributed by atoms with Crippen LogP contribution in [0.1, 0.15) is 12.8 Å². The highest BCUT2D eigenvalue weighted by molar-refractivity contribution is 5.73. The van der Waals surface area contributed by atoms with Gasteiger partial charge >= 0.3 is 12.0 Å². The molecule has 2 amide bonds. The number of rotatable bonds is 10. The number of amides is 2. The van der Waals surface area contributed by atoms with Crippen molar-refractivity contribution in [3.63, 3.8) is 0 Å². The first-order valence-corrected chi connectivity index (χ1v) is 5.97. The van der Waals surface area contributed by atoms with Gasteiger partial charge in [0.1, 0.15) is 0 Å². The van der Waals surface area contributed by atoms with E-state index in [1.807, 2.05) is 11.9 Å². The summed E-state index contributed by atoms with van der Waals surface area (Å²) in [6.07, 6.45) is 0.510. The first-order valence-electron chi connectivity index (χ1n) is 5.97. The summed E-state index contributed by atoms with van der Waals surface area (Å²) in [5.41, 5.74) is 0. The van der Waals surface area contributed by atoms with E-state index >= 15 is 0 Å². The molecule has 106 valence electrons. The molecule has 0 aliphatic carbocycles. The molecule has 0 aliphatic heterocycles. The molecule has 0 saturated heterocycles. The molecule has 18 heavy (non-hydrogen) atoms. The Morgan fingerprint density at radius 3 is 2.50 bits per heavy atom. The van der Waals surface area contributed by atoms with Gasteiger partial charge < -0.3 is 25.4 Å². The molecule has 0 aromatic rings. The number of urea groups is 1. The molecule has 7 heteroatoms. The number of nitrogens with one attached hydrogen (secondary N) is 2. The van der Waals surface area contributed by atoms with E-state index in [4.69, 9.17) is 9.84 Å². The van der Waals surface area contributed by atoms with Crippen LogP contribution in [0.2, 0.25) is 0 Å². The third-order valence-electron chi connectivity index (χ3n) is 2.31. The summed E-state index contributed by atoms with van der Waals surface area (Å²) in [5.74, 6) is -0.850. The van der Waals surface area contributed by atoms with E-state index in [1.165, 1.54) is 0 Å². The van der Waals surface area contributed by atoms with Gasteiger partial charge in [0, 0.05) is 39.7 Å². The minimum atomic E-state index is -0.850. The maximum absolute atomic E-state index is 11.3. The Bertz CT molecular complexity index is 248. The van der Waals surface area contributed by atoms with Crippen molar-refractivity contribution >= 4 is 12.0 Å². The fourth-order valence-electron chi connectivity index (χ4n) is 1.22. The largest absolute Gasteiger partial charge is 0.481 e. The van der Waals surface area contributed by atoms with Crippen LogP contribution in [-0.4, -0.2) is 69.0 Å². The number of ether oxygens (including phenoxy) is 1. The number of aliphatic carboxylic acids is 1. The first kappa shape index (κ1) is 16.7. The van der Waals surface area contributed by atoms with E-state index in [2.05, 4.69) is 10.6 Å². The minimum absolute atomic E-state index is 0.0695. The van der Waals surface area contributed by atoms with Crippen LogP contribution < -0.4 is 10.6 Å². The average Bonchev–Trinajstić information content (AvgIpc) is 2.32. The monoisotopic (exact) mass is 261 g/mol. The van der Waals surface area contributed by atoms with Crippen LogP contribution in [-0.2, 0) is 9.53 Å². The summed E-state index contributed by atoms with van der Waals surface area (Å²) in [6, 6.07) is -0.263. The fraction of sp³-hybridized carbons (Fsp3) is 0.818. The molecule has 0 rings (SSSR count). The second-order valence-corrected chi connectivity index (χ2v) is 3.98. The van der Waals surface area contributed by atoms with E-state index in [0.29, 0.717) is 26.1 Å². The maximum atomic E-state index is 11.3. The number of methoxy groups -OCH3 is 1. The van der Waals surface area contributed by atoms with Crippen molar-refractivity contribution in [2.75, 3.05) is 46.9 Å². The van der Waals surface area contributed by atoms with Crippen LogP contribution in [0.4, 0.5) is 4.79 Å². The van der Waals surface area contributed by atoms with E-state index in [0.717, 1.165) is 13.1 Å². The van der Waals surface area contributed by atoms with Crippen LogP contribution in [0, 0.1) is 0 Å². The number of likely N-dealkylation sites (N-methyl/N-ethyl adjacent to an activating group) is 1. The summed E-state index contributed by atoms with van der Waals surface area (Å²) >= 11 is 0. The predicted octanol–water partition coefficient (Wildman–Crippen LogP) is -0.271. The van der Waals surface area contributed by atoms with Crippen LogP contribution in [0.15, 0.2) is 0 Å². The minimum Gasteiger partial charge on any atom is -0.481 e. The Hall–Kier alpha value is -1.34. The zero-order valence-corrected chi connectivity index (χ0v) is 11.1. The van der Waals surface area contributed by atoms with Crippen LogP contribution in [0.3, 0.4) is 0 Å². The molecule has 0 radical (unpaired) electrons. The second-order valence-electron chi connectivity index (χ2n) is 3.98. The van der Waals surface area contributed by atoms with E-state index in [-0.39, 0.29) is 12.5 Å². The lowest BCUT2D eigenvalue weighted by Gasteiger charge is -2.16. The molecule has 7 nitrogen and oxygen atoms in total. The number of nitrogens with zero attached hydrogens (tertiary/aromatic N) is 1. The van der Waals surface area contributed by atoms with Gasteiger partial charge in [-0.2, -0.15) is 0 Å². The smallest absolute Gasteiger partial charge is 0.314 e. The normalized spacial score (nSPS) is 10.4. The van der Waals surface area contributed by atoms with Crippen LogP contribution in [0.25, 0.3) is 0 Å². The molecule has 0 fully saturated rings. The molecular weight excluding hydrogens is 238 g/mol. The van der Waals surface area contributed by atoms with Crippen LogP contribution >= 0.6 is 0 Å². The molecule has 0 saturated carbocycles. The van der Waals surface area contributed by atoms with Gasteiger partial charge in [-0.1, -0.05) is 0 Å². The lowest BCUT2D eigenvalue weighted by Crippen LogP contribution is -2.40. The van der Waals surface area contributed by atoms with Crippen molar-refractivity contribution in [2.45, 2.75) is 12.8 Å². The predicted molar refractivity (Wildman–Crippen MR) is 67.6 cm³/mol.